The molecule has 5 nitrogen and oxygen atoms in total. The van der Waals surface area contributed by atoms with Crippen molar-refractivity contribution in [3.05, 3.63) is 78.9 Å². The van der Waals surface area contributed by atoms with Crippen molar-refractivity contribution >= 4 is 23.0 Å². The highest BCUT2D eigenvalue weighted by Gasteiger charge is 2.09. The lowest BCUT2D eigenvalue weighted by Crippen LogP contribution is -2.20. The van der Waals surface area contributed by atoms with Crippen molar-refractivity contribution in [2.45, 2.75) is 0 Å². The zero-order valence-electron chi connectivity index (χ0n) is 14.4. The van der Waals surface area contributed by atoms with Gasteiger partial charge in [0.25, 0.3) is 5.91 Å². The first-order chi connectivity index (χ1) is 12.8. The van der Waals surface area contributed by atoms with Crippen molar-refractivity contribution in [1.82, 2.24) is 0 Å². The summed E-state index contributed by atoms with van der Waals surface area (Å²) in [5.41, 5.74) is 2.44. The number of methoxy groups -OCH3 is 1. The van der Waals surface area contributed by atoms with Crippen LogP contribution < -0.4 is 20.1 Å². The van der Waals surface area contributed by atoms with E-state index in [4.69, 9.17) is 9.47 Å². The van der Waals surface area contributed by atoms with E-state index in [1.54, 1.807) is 19.2 Å². The van der Waals surface area contributed by atoms with E-state index in [-0.39, 0.29) is 12.5 Å². The van der Waals surface area contributed by atoms with E-state index in [9.17, 15) is 4.79 Å². The van der Waals surface area contributed by atoms with E-state index >= 15 is 0 Å². The molecular formula is C21H20N2O3. The molecule has 0 radical (unpaired) electrons. The van der Waals surface area contributed by atoms with Crippen LogP contribution in [-0.4, -0.2) is 19.6 Å². The summed E-state index contributed by atoms with van der Waals surface area (Å²) in [4.78, 5) is 12.3. The fourth-order valence-corrected chi connectivity index (χ4v) is 2.45. The molecule has 132 valence electrons. The lowest BCUT2D eigenvalue weighted by atomic mass is 10.2. The van der Waals surface area contributed by atoms with Gasteiger partial charge in [0.15, 0.2) is 18.1 Å². The van der Waals surface area contributed by atoms with Gasteiger partial charge < -0.3 is 20.1 Å². The van der Waals surface area contributed by atoms with Gasteiger partial charge in [-0.2, -0.15) is 0 Å². The molecule has 0 aromatic heterocycles. The van der Waals surface area contributed by atoms with Crippen molar-refractivity contribution in [2.24, 2.45) is 0 Å². The number of hydrogen-bond acceptors (Lipinski definition) is 4. The molecule has 0 aliphatic carbocycles. The van der Waals surface area contributed by atoms with E-state index in [0.717, 1.165) is 11.4 Å². The van der Waals surface area contributed by atoms with Gasteiger partial charge in [-0.1, -0.05) is 42.5 Å². The molecule has 2 N–H and O–H groups in total. The maximum absolute atomic E-state index is 12.3. The van der Waals surface area contributed by atoms with Crippen LogP contribution in [0, 0.1) is 0 Å². The fourth-order valence-electron chi connectivity index (χ4n) is 2.45. The zero-order valence-corrected chi connectivity index (χ0v) is 14.4. The molecule has 0 saturated carbocycles. The van der Waals surface area contributed by atoms with Crippen LogP contribution in [0.2, 0.25) is 0 Å². The van der Waals surface area contributed by atoms with Gasteiger partial charge in [0.2, 0.25) is 0 Å². The largest absolute Gasteiger partial charge is 0.493 e. The van der Waals surface area contributed by atoms with E-state index in [0.29, 0.717) is 17.2 Å². The third kappa shape index (κ3) is 4.54. The third-order valence-electron chi connectivity index (χ3n) is 3.68. The summed E-state index contributed by atoms with van der Waals surface area (Å²) in [6.07, 6.45) is 0. The van der Waals surface area contributed by atoms with Gasteiger partial charge in [0.05, 0.1) is 18.5 Å². The predicted octanol–water partition coefficient (Wildman–Crippen LogP) is 4.46. The smallest absolute Gasteiger partial charge is 0.262 e. The number of ether oxygens (including phenoxy) is 2. The van der Waals surface area contributed by atoms with E-state index in [1.807, 2.05) is 66.7 Å². The van der Waals surface area contributed by atoms with Crippen LogP contribution in [0.1, 0.15) is 0 Å². The molecule has 0 atom stereocenters. The topological polar surface area (TPSA) is 59.6 Å². The van der Waals surface area contributed by atoms with E-state index in [1.165, 1.54) is 0 Å². The first kappa shape index (κ1) is 17.4. The van der Waals surface area contributed by atoms with Crippen LogP contribution in [0.5, 0.6) is 11.5 Å². The Bertz CT molecular complexity index is 866. The lowest BCUT2D eigenvalue weighted by Gasteiger charge is -2.14. The number of rotatable bonds is 7. The van der Waals surface area contributed by atoms with Crippen molar-refractivity contribution in [3.8, 4) is 11.5 Å². The predicted molar refractivity (Wildman–Crippen MR) is 103 cm³/mol. The summed E-state index contributed by atoms with van der Waals surface area (Å²) in [7, 11) is 1.56. The Morgan fingerprint density at radius 2 is 1.42 bits per heavy atom. The molecule has 0 fully saturated rings. The van der Waals surface area contributed by atoms with Crippen molar-refractivity contribution in [1.29, 1.82) is 0 Å². The second-order valence-corrected chi connectivity index (χ2v) is 5.52. The maximum atomic E-state index is 12.3. The number of carbonyl (C=O) groups is 1. The monoisotopic (exact) mass is 348 g/mol. The Morgan fingerprint density at radius 1 is 0.808 bits per heavy atom. The van der Waals surface area contributed by atoms with E-state index < -0.39 is 0 Å². The average molecular weight is 348 g/mol. The van der Waals surface area contributed by atoms with Gasteiger partial charge in [0.1, 0.15) is 0 Å². The summed E-state index contributed by atoms with van der Waals surface area (Å²) in [6.45, 7) is -0.111. The lowest BCUT2D eigenvalue weighted by molar-refractivity contribution is -0.118. The zero-order chi connectivity index (χ0) is 18.2. The number of hydrogen-bond donors (Lipinski definition) is 2. The minimum Gasteiger partial charge on any atom is -0.493 e. The van der Waals surface area contributed by atoms with Crippen LogP contribution in [0.15, 0.2) is 78.9 Å². The summed E-state index contributed by atoms with van der Waals surface area (Å²) in [6, 6.07) is 24.5. The SMILES string of the molecule is COc1ccccc1OCC(=O)Nc1ccccc1Nc1ccccc1. The number of para-hydroxylation sites is 5. The number of nitrogens with one attached hydrogen (secondary N) is 2. The normalized spacial score (nSPS) is 10.0. The van der Waals surface area contributed by atoms with Crippen LogP contribution in [0.25, 0.3) is 0 Å². The standard InChI is InChI=1S/C21H20N2O3/c1-25-19-13-7-8-14-20(19)26-15-21(24)23-18-12-6-5-11-17(18)22-16-9-3-2-4-10-16/h2-14,22H,15H2,1H3,(H,23,24). The second-order valence-electron chi connectivity index (χ2n) is 5.52. The Kier molecular flexibility index (Phi) is 5.72. The van der Waals surface area contributed by atoms with Crippen LogP contribution in [0.3, 0.4) is 0 Å². The van der Waals surface area contributed by atoms with Gasteiger partial charge in [0, 0.05) is 5.69 Å². The van der Waals surface area contributed by atoms with Crippen molar-refractivity contribution in [2.75, 3.05) is 24.4 Å². The van der Waals surface area contributed by atoms with Crippen LogP contribution in [0.4, 0.5) is 17.1 Å². The molecule has 0 bridgehead atoms. The first-order valence-electron chi connectivity index (χ1n) is 8.23. The second kappa shape index (κ2) is 8.58. The molecule has 0 unspecified atom stereocenters. The molecule has 5 heteroatoms. The van der Waals surface area contributed by atoms with Gasteiger partial charge in [-0.3, -0.25) is 4.79 Å². The van der Waals surface area contributed by atoms with Crippen molar-refractivity contribution in [3.63, 3.8) is 0 Å². The van der Waals surface area contributed by atoms with Gasteiger partial charge >= 0.3 is 0 Å². The minimum absolute atomic E-state index is 0.111. The van der Waals surface area contributed by atoms with Gasteiger partial charge in [-0.15, -0.1) is 0 Å². The van der Waals surface area contributed by atoms with Crippen LogP contribution in [-0.2, 0) is 4.79 Å². The first-order valence-corrected chi connectivity index (χ1v) is 8.23. The molecule has 0 spiro atoms. The molecule has 26 heavy (non-hydrogen) atoms. The Hall–Kier alpha value is -3.47. The number of carbonyl (C=O) groups excluding carboxylic acids is 1. The number of benzene rings is 3. The molecular weight excluding hydrogens is 328 g/mol. The molecule has 0 aliphatic heterocycles. The molecule has 1 amide bonds. The van der Waals surface area contributed by atoms with Crippen LogP contribution >= 0.6 is 0 Å². The fraction of sp³-hybridized carbons (Fsp3) is 0.0952. The average Bonchev–Trinajstić information content (AvgIpc) is 2.69. The molecule has 3 aromatic rings. The molecule has 3 aromatic carbocycles. The Balaban J connectivity index is 1.64. The Labute approximate surface area is 152 Å². The maximum Gasteiger partial charge on any atom is 0.262 e. The highest BCUT2D eigenvalue weighted by atomic mass is 16.5. The summed E-state index contributed by atoms with van der Waals surface area (Å²) < 4.78 is 10.8. The molecule has 3 rings (SSSR count). The number of amides is 1. The number of anilines is 3. The summed E-state index contributed by atoms with van der Waals surface area (Å²) >= 11 is 0. The van der Waals surface area contributed by atoms with Gasteiger partial charge in [-0.05, 0) is 36.4 Å². The highest BCUT2D eigenvalue weighted by molar-refractivity contribution is 5.95. The third-order valence-corrected chi connectivity index (χ3v) is 3.68. The quantitative estimate of drug-likeness (QED) is 0.662. The molecule has 0 heterocycles. The summed E-state index contributed by atoms with van der Waals surface area (Å²) in [5, 5.41) is 6.17. The molecule has 0 aliphatic rings. The van der Waals surface area contributed by atoms with Crippen molar-refractivity contribution < 1.29 is 14.3 Å². The highest BCUT2D eigenvalue weighted by Crippen LogP contribution is 2.27. The summed E-state index contributed by atoms with van der Waals surface area (Å²) in [5.74, 6) is 0.866. The molecule has 0 saturated heterocycles. The minimum atomic E-state index is -0.252. The van der Waals surface area contributed by atoms with Gasteiger partial charge in [-0.25, -0.2) is 0 Å². The van der Waals surface area contributed by atoms with E-state index in [2.05, 4.69) is 10.6 Å². The Morgan fingerprint density at radius 3 is 2.15 bits per heavy atom.